The summed E-state index contributed by atoms with van der Waals surface area (Å²) in [6, 6.07) is 13.0. The zero-order chi connectivity index (χ0) is 13.9. The number of aromatic nitrogens is 3. The number of nitrogens with two attached hydrogens (primary N) is 1. The second-order valence-corrected chi connectivity index (χ2v) is 4.64. The lowest BCUT2D eigenvalue weighted by molar-refractivity contribution is 0.959. The van der Waals surface area contributed by atoms with Gasteiger partial charge in [-0.1, -0.05) is 0 Å². The van der Waals surface area contributed by atoms with E-state index >= 15 is 0 Å². The van der Waals surface area contributed by atoms with Crippen molar-refractivity contribution in [1.29, 1.82) is 0 Å². The molecule has 2 aromatic carbocycles. The summed E-state index contributed by atoms with van der Waals surface area (Å²) in [5.74, 6) is 0. The van der Waals surface area contributed by atoms with Gasteiger partial charge in [-0.25, -0.2) is 0 Å². The number of nitrogen functional groups attached to an aromatic ring is 1. The Kier molecular flexibility index (Phi) is 3.18. The molecule has 1 aromatic heterocycles. The molecule has 0 atom stereocenters. The maximum Gasteiger partial charge on any atom is 0.175 e. The van der Waals surface area contributed by atoms with Crippen LogP contribution in [0.3, 0.4) is 0 Å². The molecule has 0 unspecified atom stereocenters. The van der Waals surface area contributed by atoms with Gasteiger partial charge >= 0.3 is 0 Å². The first-order chi connectivity index (χ1) is 9.70. The van der Waals surface area contributed by atoms with Crippen molar-refractivity contribution in [2.24, 2.45) is 0 Å². The zero-order valence-electron chi connectivity index (χ0n) is 10.4. The molecule has 6 nitrogen and oxygen atoms in total. The van der Waals surface area contributed by atoms with Gasteiger partial charge in [0.2, 0.25) is 0 Å². The summed E-state index contributed by atoms with van der Waals surface area (Å²) >= 11 is 5.26. The summed E-state index contributed by atoms with van der Waals surface area (Å²) in [4.78, 5) is 0. The van der Waals surface area contributed by atoms with Crippen LogP contribution in [-0.4, -0.2) is 20.5 Å². The molecule has 0 bridgehead atoms. The van der Waals surface area contributed by atoms with Crippen molar-refractivity contribution in [1.82, 2.24) is 15.4 Å². The topological polar surface area (TPSA) is 91.6 Å². The van der Waals surface area contributed by atoms with Crippen LogP contribution in [0.5, 0.6) is 0 Å². The molecule has 7 heteroatoms. The molecular formula is C13H12N6S. The normalized spacial score (nSPS) is 10.4. The van der Waals surface area contributed by atoms with Gasteiger partial charge in [0.1, 0.15) is 11.0 Å². The van der Waals surface area contributed by atoms with Crippen LogP contribution >= 0.6 is 12.2 Å². The fourth-order valence-electron chi connectivity index (χ4n) is 1.78. The van der Waals surface area contributed by atoms with Gasteiger partial charge in [0.15, 0.2) is 5.11 Å². The summed E-state index contributed by atoms with van der Waals surface area (Å²) < 4.78 is 0. The van der Waals surface area contributed by atoms with Crippen LogP contribution in [0.25, 0.3) is 11.0 Å². The van der Waals surface area contributed by atoms with Crippen LogP contribution in [-0.2, 0) is 0 Å². The van der Waals surface area contributed by atoms with E-state index in [1.165, 1.54) is 0 Å². The molecule has 1 heterocycles. The van der Waals surface area contributed by atoms with Gasteiger partial charge in [-0.15, -0.1) is 0 Å². The van der Waals surface area contributed by atoms with Crippen LogP contribution in [0, 0.1) is 0 Å². The van der Waals surface area contributed by atoms with Gasteiger partial charge in [0, 0.05) is 17.1 Å². The van der Waals surface area contributed by atoms with Gasteiger partial charge < -0.3 is 16.4 Å². The smallest absolute Gasteiger partial charge is 0.175 e. The molecule has 0 aliphatic rings. The highest BCUT2D eigenvalue weighted by Gasteiger charge is 2.02. The third-order valence-electron chi connectivity index (χ3n) is 2.74. The highest BCUT2D eigenvalue weighted by molar-refractivity contribution is 7.80. The van der Waals surface area contributed by atoms with Crippen molar-refractivity contribution in [2.75, 3.05) is 16.4 Å². The molecule has 0 saturated carbocycles. The maximum atomic E-state index is 5.63. The molecule has 20 heavy (non-hydrogen) atoms. The first-order valence-corrected chi connectivity index (χ1v) is 6.35. The monoisotopic (exact) mass is 284 g/mol. The van der Waals surface area contributed by atoms with E-state index in [9.17, 15) is 0 Å². The van der Waals surface area contributed by atoms with Crippen LogP contribution in [0.2, 0.25) is 0 Å². The number of aromatic amines is 1. The van der Waals surface area contributed by atoms with Gasteiger partial charge in [-0.2, -0.15) is 15.4 Å². The molecule has 0 fully saturated rings. The van der Waals surface area contributed by atoms with Crippen molar-refractivity contribution in [3.63, 3.8) is 0 Å². The minimum atomic E-state index is 0.498. The predicted octanol–water partition coefficient (Wildman–Crippen LogP) is 2.35. The second kappa shape index (κ2) is 5.14. The molecule has 0 amide bonds. The van der Waals surface area contributed by atoms with Crippen molar-refractivity contribution < 1.29 is 0 Å². The van der Waals surface area contributed by atoms with Gasteiger partial charge in [0.25, 0.3) is 0 Å². The van der Waals surface area contributed by atoms with Crippen molar-refractivity contribution >= 4 is 45.4 Å². The van der Waals surface area contributed by atoms with E-state index in [2.05, 4.69) is 26.0 Å². The van der Waals surface area contributed by atoms with Crippen LogP contribution in [0.4, 0.5) is 17.1 Å². The fraction of sp³-hybridized carbons (Fsp3) is 0. The Balaban J connectivity index is 1.70. The number of thiocarbonyl (C=S) groups is 1. The average molecular weight is 284 g/mol. The van der Waals surface area contributed by atoms with E-state index in [0.29, 0.717) is 10.8 Å². The molecule has 0 saturated heterocycles. The van der Waals surface area contributed by atoms with Crippen molar-refractivity contribution in [3.8, 4) is 0 Å². The molecule has 3 rings (SSSR count). The first kappa shape index (κ1) is 12.4. The van der Waals surface area contributed by atoms with Crippen LogP contribution in [0.1, 0.15) is 0 Å². The predicted molar refractivity (Wildman–Crippen MR) is 84.6 cm³/mol. The van der Waals surface area contributed by atoms with Crippen molar-refractivity contribution in [3.05, 3.63) is 42.5 Å². The third-order valence-corrected chi connectivity index (χ3v) is 2.95. The van der Waals surface area contributed by atoms with E-state index in [0.717, 1.165) is 22.4 Å². The minimum Gasteiger partial charge on any atom is -0.399 e. The van der Waals surface area contributed by atoms with Crippen LogP contribution < -0.4 is 16.4 Å². The van der Waals surface area contributed by atoms with Gasteiger partial charge in [-0.3, -0.25) is 0 Å². The summed E-state index contributed by atoms with van der Waals surface area (Å²) in [5, 5.41) is 17.3. The second-order valence-electron chi connectivity index (χ2n) is 4.23. The van der Waals surface area contributed by atoms with Crippen LogP contribution in [0.15, 0.2) is 42.5 Å². The standard InChI is InChI=1S/C13H12N6S/c14-8-1-3-9(4-2-8)15-13(20)16-10-5-6-11-12(7-10)18-19-17-11/h1-7H,14H2,(H2,15,16,20)(H,17,18,19). The highest BCUT2D eigenvalue weighted by atomic mass is 32.1. The lowest BCUT2D eigenvalue weighted by Gasteiger charge is -2.10. The molecule has 0 spiro atoms. The Labute approximate surface area is 120 Å². The molecule has 3 aromatic rings. The van der Waals surface area contributed by atoms with Gasteiger partial charge in [-0.05, 0) is 54.7 Å². The Morgan fingerprint density at radius 1 is 0.950 bits per heavy atom. The summed E-state index contributed by atoms with van der Waals surface area (Å²) in [5.41, 5.74) is 9.66. The molecule has 100 valence electrons. The number of fused-ring (bicyclic) bond motifs is 1. The zero-order valence-corrected chi connectivity index (χ0v) is 11.2. The Bertz CT molecular complexity index is 749. The first-order valence-electron chi connectivity index (χ1n) is 5.95. The summed E-state index contributed by atoms with van der Waals surface area (Å²) in [6.07, 6.45) is 0. The minimum absolute atomic E-state index is 0.498. The third kappa shape index (κ3) is 2.67. The number of anilines is 3. The Hall–Kier alpha value is -2.67. The lowest BCUT2D eigenvalue weighted by atomic mass is 10.3. The lowest BCUT2D eigenvalue weighted by Crippen LogP contribution is -2.18. The largest absolute Gasteiger partial charge is 0.399 e. The molecule has 0 aliphatic heterocycles. The molecule has 5 N–H and O–H groups in total. The van der Waals surface area contributed by atoms with E-state index in [1.54, 1.807) is 0 Å². The quantitative estimate of drug-likeness (QED) is 0.426. The van der Waals surface area contributed by atoms with E-state index in [1.807, 2.05) is 42.5 Å². The average Bonchev–Trinajstić information content (AvgIpc) is 2.89. The number of nitrogens with one attached hydrogen (secondary N) is 3. The van der Waals surface area contributed by atoms with Gasteiger partial charge in [0.05, 0.1) is 0 Å². The maximum absolute atomic E-state index is 5.63. The van der Waals surface area contributed by atoms with E-state index in [4.69, 9.17) is 18.0 Å². The van der Waals surface area contributed by atoms with Crippen molar-refractivity contribution in [2.45, 2.75) is 0 Å². The number of hydrogen-bond donors (Lipinski definition) is 4. The molecule has 0 aliphatic carbocycles. The molecular weight excluding hydrogens is 272 g/mol. The number of H-pyrrole nitrogens is 1. The Morgan fingerprint density at radius 3 is 2.40 bits per heavy atom. The summed E-state index contributed by atoms with van der Waals surface area (Å²) in [6.45, 7) is 0. The SMILES string of the molecule is Nc1ccc(NC(=S)Nc2ccc3n[nH]nc3c2)cc1. The summed E-state index contributed by atoms with van der Waals surface area (Å²) in [7, 11) is 0. The fourth-order valence-corrected chi connectivity index (χ4v) is 2.01. The number of nitrogens with zero attached hydrogens (tertiary/aromatic N) is 2. The Morgan fingerprint density at radius 2 is 1.60 bits per heavy atom. The molecule has 0 radical (unpaired) electrons. The van der Waals surface area contributed by atoms with E-state index < -0.39 is 0 Å². The highest BCUT2D eigenvalue weighted by Crippen LogP contribution is 2.16. The number of rotatable bonds is 2. The van der Waals surface area contributed by atoms with E-state index in [-0.39, 0.29) is 0 Å². The number of hydrogen-bond acceptors (Lipinski definition) is 4. The number of benzene rings is 2.